The van der Waals surface area contributed by atoms with Crippen molar-refractivity contribution in [2.24, 2.45) is 0 Å². The van der Waals surface area contributed by atoms with Crippen LogP contribution in [-0.4, -0.2) is 5.11 Å². The highest BCUT2D eigenvalue weighted by molar-refractivity contribution is 5.66. The first-order valence-corrected chi connectivity index (χ1v) is 5.14. The van der Waals surface area contributed by atoms with Crippen LogP contribution in [0.4, 0.5) is 22.0 Å². The Balaban J connectivity index is 2.54. The lowest BCUT2D eigenvalue weighted by atomic mass is 10.0. The van der Waals surface area contributed by atoms with Crippen molar-refractivity contribution in [1.82, 2.24) is 0 Å². The molecular formula is C13H7F5O. The van der Waals surface area contributed by atoms with E-state index in [1.165, 1.54) is 6.07 Å². The molecule has 0 heterocycles. The molecule has 2 aromatic rings. The van der Waals surface area contributed by atoms with Crippen LogP contribution in [0, 0.1) is 11.6 Å². The van der Waals surface area contributed by atoms with Crippen molar-refractivity contribution in [1.29, 1.82) is 0 Å². The first kappa shape index (κ1) is 13.3. The third kappa shape index (κ3) is 2.67. The fraction of sp³-hybridized carbons (Fsp3) is 0.0769. The molecule has 0 fully saturated rings. The molecule has 0 amide bonds. The highest BCUT2D eigenvalue weighted by Gasteiger charge is 2.30. The molecule has 0 saturated heterocycles. The monoisotopic (exact) mass is 274 g/mol. The van der Waals surface area contributed by atoms with Gasteiger partial charge in [0, 0.05) is 0 Å². The Kier molecular flexibility index (Phi) is 3.18. The molecule has 0 aliphatic carbocycles. The van der Waals surface area contributed by atoms with Crippen molar-refractivity contribution in [3.05, 3.63) is 53.6 Å². The molecule has 1 N–H and O–H groups in total. The third-order valence-electron chi connectivity index (χ3n) is 2.53. The van der Waals surface area contributed by atoms with E-state index < -0.39 is 29.1 Å². The van der Waals surface area contributed by atoms with Gasteiger partial charge in [0.15, 0.2) is 17.4 Å². The van der Waals surface area contributed by atoms with Crippen molar-refractivity contribution in [2.45, 2.75) is 6.18 Å². The van der Waals surface area contributed by atoms with Crippen LogP contribution in [0.25, 0.3) is 11.1 Å². The predicted molar refractivity (Wildman–Crippen MR) is 58.5 cm³/mol. The minimum atomic E-state index is -4.53. The average Bonchev–Trinajstić information content (AvgIpc) is 2.34. The Hall–Kier alpha value is -2.11. The maximum Gasteiger partial charge on any atom is 0.416 e. The molecule has 6 heteroatoms. The van der Waals surface area contributed by atoms with Crippen LogP contribution in [0.3, 0.4) is 0 Å². The molecule has 0 atom stereocenters. The van der Waals surface area contributed by atoms with Crippen LogP contribution in [0.2, 0.25) is 0 Å². The minimum absolute atomic E-state index is 0.0315. The molecule has 0 spiro atoms. The lowest BCUT2D eigenvalue weighted by Crippen LogP contribution is -2.04. The van der Waals surface area contributed by atoms with E-state index in [1.54, 1.807) is 0 Å². The second kappa shape index (κ2) is 4.53. The number of rotatable bonds is 1. The minimum Gasteiger partial charge on any atom is -0.505 e. The summed E-state index contributed by atoms with van der Waals surface area (Å²) in [5.41, 5.74) is -0.916. The summed E-state index contributed by atoms with van der Waals surface area (Å²) < 4.78 is 63.6. The lowest BCUT2D eigenvalue weighted by Gasteiger charge is -2.09. The van der Waals surface area contributed by atoms with E-state index >= 15 is 0 Å². The normalized spacial score (nSPS) is 11.6. The molecule has 100 valence electrons. The maximum absolute atomic E-state index is 13.1. The topological polar surface area (TPSA) is 20.2 Å². The first-order valence-electron chi connectivity index (χ1n) is 5.14. The van der Waals surface area contributed by atoms with Gasteiger partial charge < -0.3 is 5.11 Å². The van der Waals surface area contributed by atoms with Crippen LogP contribution < -0.4 is 0 Å². The number of hydrogen-bond donors (Lipinski definition) is 1. The maximum atomic E-state index is 13.1. The van der Waals surface area contributed by atoms with Crippen molar-refractivity contribution in [3.63, 3.8) is 0 Å². The fourth-order valence-electron chi connectivity index (χ4n) is 1.62. The molecule has 0 aliphatic rings. The van der Waals surface area contributed by atoms with E-state index in [-0.39, 0.29) is 11.1 Å². The zero-order valence-corrected chi connectivity index (χ0v) is 9.30. The summed E-state index contributed by atoms with van der Waals surface area (Å²) in [6, 6.07) is 5.71. The molecular weight excluding hydrogens is 267 g/mol. The Morgan fingerprint density at radius 1 is 0.895 bits per heavy atom. The van der Waals surface area contributed by atoms with Gasteiger partial charge in [-0.15, -0.1) is 0 Å². The number of benzene rings is 2. The zero-order valence-electron chi connectivity index (χ0n) is 9.30. The predicted octanol–water partition coefficient (Wildman–Crippen LogP) is 4.36. The highest BCUT2D eigenvalue weighted by Crippen LogP contribution is 2.33. The van der Waals surface area contributed by atoms with E-state index in [0.29, 0.717) is 0 Å². The number of alkyl halides is 3. The Bertz CT molecular complexity index is 596. The second-order valence-electron chi connectivity index (χ2n) is 3.87. The molecule has 1 nitrogen and oxygen atoms in total. The lowest BCUT2D eigenvalue weighted by molar-refractivity contribution is -0.137. The molecule has 0 aliphatic heterocycles. The zero-order chi connectivity index (χ0) is 14.2. The number of halogens is 5. The number of phenolic OH excluding ortho intramolecular Hbond substituents is 1. The van der Waals surface area contributed by atoms with Gasteiger partial charge in [0.1, 0.15) is 0 Å². The number of hydrogen-bond acceptors (Lipinski definition) is 1. The van der Waals surface area contributed by atoms with Gasteiger partial charge in [-0.25, -0.2) is 4.39 Å². The highest BCUT2D eigenvalue weighted by atomic mass is 19.4. The van der Waals surface area contributed by atoms with Crippen LogP contribution in [0.1, 0.15) is 5.56 Å². The van der Waals surface area contributed by atoms with E-state index in [9.17, 15) is 22.0 Å². The van der Waals surface area contributed by atoms with Crippen molar-refractivity contribution < 1.29 is 27.1 Å². The molecule has 19 heavy (non-hydrogen) atoms. The Labute approximate surface area is 104 Å². The molecule has 0 bridgehead atoms. The van der Waals surface area contributed by atoms with Gasteiger partial charge >= 0.3 is 6.18 Å². The smallest absolute Gasteiger partial charge is 0.416 e. The van der Waals surface area contributed by atoms with Gasteiger partial charge in [0.25, 0.3) is 0 Å². The summed E-state index contributed by atoms with van der Waals surface area (Å²) >= 11 is 0. The van der Waals surface area contributed by atoms with Gasteiger partial charge in [-0.3, -0.25) is 0 Å². The SMILES string of the molecule is Oc1cc(-c2cccc(C(F)(F)F)c2)cc(F)c1F. The van der Waals surface area contributed by atoms with Gasteiger partial charge in [0.05, 0.1) is 5.56 Å². The van der Waals surface area contributed by atoms with Crippen molar-refractivity contribution in [2.75, 3.05) is 0 Å². The van der Waals surface area contributed by atoms with Crippen LogP contribution in [0.15, 0.2) is 36.4 Å². The molecule has 0 radical (unpaired) electrons. The van der Waals surface area contributed by atoms with Gasteiger partial charge in [-0.05, 0) is 35.4 Å². The van der Waals surface area contributed by atoms with E-state index in [2.05, 4.69) is 0 Å². The van der Waals surface area contributed by atoms with E-state index in [4.69, 9.17) is 5.11 Å². The van der Waals surface area contributed by atoms with Gasteiger partial charge in [-0.2, -0.15) is 17.6 Å². The molecule has 2 rings (SSSR count). The van der Waals surface area contributed by atoms with Gasteiger partial charge in [-0.1, -0.05) is 12.1 Å². The standard InChI is InChI=1S/C13H7F5O/c14-10-5-8(6-11(19)12(10)15)7-2-1-3-9(4-7)13(16,17)18/h1-6,19H. The van der Waals surface area contributed by atoms with E-state index in [1.807, 2.05) is 0 Å². The third-order valence-corrected chi connectivity index (χ3v) is 2.53. The average molecular weight is 274 g/mol. The van der Waals surface area contributed by atoms with Crippen LogP contribution in [0.5, 0.6) is 5.75 Å². The Morgan fingerprint density at radius 2 is 1.58 bits per heavy atom. The number of aromatic hydroxyl groups is 1. The summed E-state index contributed by atoms with van der Waals surface area (Å²) in [5.74, 6) is -3.71. The summed E-state index contributed by atoms with van der Waals surface area (Å²) in [5, 5.41) is 9.13. The molecule has 0 saturated carbocycles. The largest absolute Gasteiger partial charge is 0.505 e. The summed E-state index contributed by atoms with van der Waals surface area (Å²) in [7, 11) is 0. The van der Waals surface area contributed by atoms with Crippen LogP contribution in [-0.2, 0) is 6.18 Å². The van der Waals surface area contributed by atoms with Crippen molar-refractivity contribution in [3.8, 4) is 16.9 Å². The van der Waals surface area contributed by atoms with Crippen LogP contribution >= 0.6 is 0 Å². The Morgan fingerprint density at radius 3 is 2.16 bits per heavy atom. The van der Waals surface area contributed by atoms with E-state index in [0.717, 1.165) is 30.3 Å². The van der Waals surface area contributed by atoms with Gasteiger partial charge in [0.2, 0.25) is 0 Å². The molecule has 2 aromatic carbocycles. The number of phenols is 1. The summed E-state index contributed by atoms with van der Waals surface area (Å²) in [6.45, 7) is 0. The summed E-state index contributed by atoms with van der Waals surface area (Å²) in [6.07, 6.45) is -4.53. The molecule has 0 aromatic heterocycles. The fourth-order valence-corrected chi connectivity index (χ4v) is 1.62. The summed E-state index contributed by atoms with van der Waals surface area (Å²) in [4.78, 5) is 0. The first-order chi connectivity index (χ1) is 8.79. The molecule has 0 unspecified atom stereocenters. The quantitative estimate of drug-likeness (QED) is 0.766. The second-order valence-corrected chi connectivity index (χ2v) is 3.87. The van der Waals surface area contributed by atoms with Crippen molar-refractivity contribution >= 4 is 0 Å².